The van der Waals surface area contributed by atoms with Crippen LogP contribution >= 0.6 is 0 Å². The van der Waals surface area contributed by atoms with Gasteiger partial charge in [-0.05, 0) is 29.7 Å². The van der Waals surface area contributed by atoms with Crippen LogP contribution in [0.25, 0.3) is 0 Å². The highest BCUT2D eigenvalue weighted by molar-refractivity contribution is 5.80. The molecule has 24 heavy (non-hydrogen) atoms. The number of nitrogens with zero attached hydrogens (tertiary/aromatic N) is 1. The molecule has 2 aromatic carbocycles. The number of hydrogen-bond donors (Lipinski definition) is 1. The Morgan fingerprint density at radius 3 is 2.50 bits per heavy atom. The van der Waals surface area contributed by atoms with E-state index in [2.05, 4.69) is 17.0 Å². The van der Waals surface area contributed by atoms with Crippen LogP contribution in [-0.4, -0.2) is 37.1 Å². The molecule has 0 bridgehead atoms. The Hall–Kier alpha value is -2.53. The van der Waals surface area contributed by atoms with Crippen molar-refractivity contribution in [3.63, 3.8) is 0 Å². The molecule has 0 unspecified atom stereocenters. The third-order valence-electron chi connectivity index (χ3n) is 4.38. The summed E-state index contributed by atoms with van der Waals surface area (Å²) in [5, 5.41) is 0. The van der Waals surface area contributed by atoms with Crippen molar-refractivity contribution in [3.05, 3.63) is 59.7 Å². The SMILES string of the molecule is COc1ccccc1OCCN1Cc2ccccc2C[C@@H]1C(N)=O. The number of benzene rings is 2. The van der Waals surface area contributed by atoms with E-state index in [0.717, 1.165) is 0 Å². The third-order valence-corrected chi connectivity index (χ3v) is 4.38. The minimum atomic E-state index is -0.291. The molecule has 0 saturated carbocycles. The van der Waals surface area contributed by atoms with Crippen molar-refractivity contribution in [2.24, 2.45) is 5.73 Å². The molecular formula is C19H22N2O3. The number of para-hydroxylation sites is 2. The van der Waals surface area contributed by atoms with Gasteiger partial charge in [-0.1, -0.05) is 36.4 Å². The molecule has 1 aliphatic heterocycles. The van der Waals surface area contributed by atoms with E-state index in [4.69, 9.17) is 15.2 Å². The average Bonchev–Trinajstić information content (AvgIpc) is 2.61. The molecule has 0 aliphatic carbocycles. The molecule has 0 spiro atoms. The third kappa shape index (κ3) is 3.51. The van der Waals surface area contributed by atoms with Crippen LogP contribution in [0.3, 0.4) is 0 Å². The van der Waals surface area contributed by atoms with Crippen molar-refractivity contribution in [1.29, 1.82) is 0 Å². The molecule has 1 heterocycles. The largest absolute Gasteiger partial charge is 0.493 e. The Kier molecular flexibility index (Phi) is 5.01. The Morgan fingerprint density at radius 1 is 1.12 bits per heavy atom. The number of fused-ring (bicyclic) bond motifs is 1. The van der Waals surface area contributed by atoms with Crippen molar-refractivity contribution < 1.29 is 14.3 Å². The molecule has 5 nitrogen and oxygen atoms in total. The predicted molar refractivity (Wildman–Crippen MR) is 92.0 cm³/mol. The maximum atomic E-state index is 11.8. The molecular weight excluding hydrogens is 304 g/mol. The molecule has 1 atom stereocenters. The topological polar surface area (TPSA) is 64.8 Å². The van der Waals surface area contributed by atoms with Crippen LogP contribution in [0.15, 0.2) is 48.5 Å². The first-order valence-corrected chi connectivity index (χ1v) is 8.05. The first-order chi connectivity index (χ1) is 11.7. The summed E-state index contributed by atoms with van der Waals surface area (Å²) in [6.07, 6.45) is 0.653. The van der Waals surface area contributed by atoms with Crippen molar-refractivity contribution in [3.8, 4) is 11.5 Å². The van der Waals surface area contributed by atoms with Crippen LogP contribution in [0.5, 0.6) is 11.5 Å². The van der Waals surface area contributed by atoms with Crippen molar-refractivity contribution in [2.75, 3.05) is 20.3 Å². The molecule has 5 heteroatoms. The van der Waals surface area contributed by atoms with E-state index in [0.29, 0.717) is 37.6 Å². The summed E-state index contributed by atoms with van der Waals surface area (Å²) in [6, 6.07) is 15.4. The minimum absolute atomic E-state index is 0.290. The van der Waals surface area contributed by atoms with E-state index in [1.54, 1.807) is 7.11 Å². The van der Waals surface area contributed by atoms with E-state index in [9.17, 15) is 4.79 Å². The van der Waals surface area contributed by atoms with Gasteiger partial charge in [-0.2, -0.15) is 0 Å². The van der Waals surface area contributed by atoms with Gasteiger partial charge >= 0.3 is 0 Å². The van der Waals surface area contributed by atoms with E-state index < -0.39 is 0 Å². The van der Waals surface area contributed by atoms with Gasteiger partial charge in [0.05, 0.1) is 13.2 Å². The molecule has 126 valence electrons. The van der Waals surface area contributed by atoms with Gasteiger partial charge in [0, 0.05) is 13.1 Å². The maximum absolute atomic E-state index is 11.8. The highest BCUT2D eigenvalue weighted by atomic mass is 16.5. The van der Waals surface area contributed by atoms with E-state index in [-0.39, 0.29) is 11.9 Å². The van der Waals surface area contributed by atoms with Gasteiger partial charge < -0.3 is 15.2 Å². The predicted octanol–water partition coefficient (Wildman–Crippen LogP) is 1.99. The Balaban J connectivity index is 1.66. The Bertz CT molecular complexity index is 717. The minimum Gasteiger partial charge on any atom is -0.493 e. The zero-order chi connectivity index (χ0) is 16.9. The summed E-state index contributed by atoms with van der Waals surface area (Å²) in [6.45, 7) is 1.80. The lowest BCUT2D eigenvalue weighted by Gasteiger charge is -2.34. The number of ether oxygens (including phenoxy) is 2. The lowest BCUT2D eigenvalue weighted by Crippen LogP contribution is -2.49. The second-order valence-corrected chi connectivity index (χ2v) is 5.86. The summed E-state index contributed by atoms with van der Waals surface area (Å²) < 4.78 is 11.1. The van der Waals surface area contributed by atoms with Gasteiger partial charge in [-0.25, -0.2) is 0 Å². The van der Waals surface area contributed by atoms with E-state index in [1.165, 1.54) is 11.1 Å². The number of methoxy groups -OCH3 is 1. The second-order valence-electron chi connectivity index (χ2n) is 5.86. The summed E-state index contributed by atoms with van der Waals surface area (Å²) in [4.78, 5) is 13.9. The number of amides is 1. The molecule has 1 aliphatic rings. The Labute approximate surface area is 142 Å². The lowest BCUT2D eigenvalue weighted by atomic mass is 9.93. The van der Waals surface area contributed by atoms with Crippen molar-refractivity contribution in [2.45, 2.75) is 19.0 Å². The summed E-state index contributed by atoms with van der Waals surface area (Å²) >= 11 is 0. The first-order valence-electron chi connectivity index (χ1n) is 8.05. The molecule has 0 aromatic heterocycles. The normalized spacial score (nSPS) is 17.1. The van der Waals surface area contributed by atoms with Crippen LogP contribution in [0.2, 0.25) is 0 Å². The Morgan fingerprint density at radius 2 is 1.79 bits per heavy atom. The molecule has 0 saturated heterocycles. The van der Waals surface area contributed by atoms with Gasteiger partial charge in [0.1, 0.15) is 6.61 Å². The van der Waals surface area contributed by atoms with Gasteiger partial charge in [-0.3, -0.25) is 9.69 Å². The zero-order valence-electron chi connectivity index (χ0n) is 13.8. The van der Waals surface area contributed by atoms with Crippen LogP contribution in [-0.2, 0) is 17.8 Å². The fraction of sp³-hybridized carbons (Fsp3) is 0.316. The van der Waals surface area contributed by atoms with Gasteiger partial charge in [-0.15, -0.1) is 0 Å². The number of carbonyl (C=O) groups is 1. The highest BCUT2D eigenvalue weighted by Crippen LogP contribution is 2.26. The van der Waals surface area contributed by atoms with Gasteiger partial charge in [0.15, 0.2) is 11.5 Å². The average molecular weight is 326 g/mol. The fourth-order valence-corrected chi connectivity index (χ4v) is 3.10. The summed E-state index contributed by atoms with van der Waals surface area (Å²) in [7, 11) is 1.62. The van der Waals surface area contributed by atoms with E-state index >= 15 is 0 Å². The number of rotatable bonds is 6. The standard InChI is InChI=1S/C19H22N2O3/c1-23-17-8-4-5-9-18(17)24-11-10-21-13-15-7-3-2-6-14(15)12-16(21)19(20)22/h2-9,16H,10-13H2,1H3,(H2,20,22)/t16-/m1/s1. The fourth-order valence-electron chi connectivity index (χ4n) is 3.10. The monoisotopic (exact) mass is 326 g/mol. The molecule has 0 radical (unpaired) electrons. The number of nitrogens with two attached hydrogens (primary N) is 1. The second kappa shape index (κ2) is 7.36. The smallest absolute Gasteiger partial charge is 0.235 e. The van der Waals surface area contributed by atoms with E-state index in [1.807, 2.05) is 36.4 Å². The lowest BCUT2D eigenvalue weighted by molar-refractivity contribution is -0.124. The molecule has 2 N–H and O–H groups in total. The van der Waals surface area contributed by atoms with Gasteiger partial charge in [0.2, 0.25) is 5.91 Å². The quantitative estimate of drug-likeness (QED) is 0.882. The molecule has 3 rings (SSSR count). The van der Waals surface area contributed by atoms with Crippen LogP contribution in [0.1, 0.15) is 11.1 Å². The van der Waals surface area contributed by atoms with Crippen molar-refractivity contribution in [1.82, 2.24) is 4.90 Å². The van der Waals surface area contributed by atoms with Gasteiger partial charge in [0.25, 0.3) is 0 Å². The highest BCUT2D eigenvalue weighted by Gasteiger charge is 2.29. The number of carbonyl (C=O) groups excluding carboxylic acids is 1. The maximum Gasteiger partial charge on any atom is 0.235 e. The molecule has 0 fully saturated rings. The van der Waals surface area contributed by atoms with Crippen LogP contribution < -0.4 is 15.2 Å². The number of hydrogen-bond acceptors (Lipinski definition) is 4. The van der Waals surface area contributed by atoms with Crippen LogP contribution in [0.4, 0.5) is 0 Å². The summed E-state index contributed by atoms with van der Waals surface area (Å²) in [5.41, 5.74) is 8.04. The molecule has 1 amide bonds. The first kappa shape index (κ1) is 16.3. The summed E-state index contributed by atoms with van der Waals surface area (Å²) in [5.74, 6) is 1.11. The zero-order valence-corrected chi connectivity index (χ0v) is 13.8. The number of primary amides is 1. The van der Waals surface area contributed by atoms with Crippen molar-refractivity contribution >= 4 is 5.91 Å². The van der Waals surface area contributed by atoms with Crippen LogP contribution in [0, 0.1) is 0 Å². The molecule has 2 aromatic rings.